The van der Waals surface area contributed by atoms with E-state index in [2.05, 4.69) is 0 Å². The topological polar surface area (TPSA) is 49.7 Å². The molecule has 0 heterocycles. The van der Waals surface area contributed by atoms with Crippen molar-refractivity contribution in [1.82, 2.24) is 0 Å². The Kier molecular flexibility index (Phi) is 6.95. The number of hydrogen-bond donors (Lipinski definition) is 2. The van der Waals surface area contributed by atoms with Crippen LogP contribution >= 0.6 is 23.5 Å². The van der Waals surface area contributed by atoms with Crippen LogP contribution in [-0.2, 0) is 0 Å². The number of aliphatic hydroxyl groups is 2. The fraction of sp³-hybridized carbons (Fsp3) is 0.250. The van der Waals surface area contributed by atoms with E-state index in [0.717, 1.165) is 21.3 Å². The maximum Gasteiger partial charge on any atom is 0.142 e. The average Bonchev–Trinajstić information content (AvgIpc) is 2.53. The first-order chi connectivity index (χ1) is 10.3. The Morgan fingerprint density at radius 1 is 0.810 bits per heavy atom. The maximum atomic E-state index is 9.07. The number of rotatable bonds is 8. The number of hydrogen-bond acceptors (Lipinski definition) is 5. The van der Waals surface area contributed by atoms with Crippen molar-refractivity contribution in [2.45, 2.75) is 9.79 Å². The molecule has 0 saturated heterocycles. The van der Waals surface area contributed by atoms with Crippen LogP contribution in [0.5, 0.6) is 11.5 Å². The predicted octanol–water partition coefficient (Wildman–Crippen LogP) is 3.65. The molecule has 2 aromatic carbocycles. The molecule has 0 aliphatic rings. The van der Waals surface area contributed by atoms with Crippen molar-refractivity contribution in [3.05, 3.63) is 48.5 Å². The minimum atomic E-state index is 0.119. The van der Waals surface area contributed by atoms with E-state index in [0.29, 0.717) is 11.5 Å². The second kappa shape index (κ2) is 9.00. The van der Waals surface area contributed by atoms with Crippen LogP contribution in [0.3, 0.4) is 0 Å². The molecule has 2 N–H and O–H groups in total. The molecule has 0 aliphatic heterocycles. The van der Waals surface area contributed by atoms with Gasteiger partial charge >= 0.3 is 0 Å². The normalized spacial score (nSPS) is 10.6. The highest BCUT2D eigenvalue weighted by Crippen LogP contribution is 2.39. The van der Waals surface area contributed by atoms with Gasteiger partial charge in [0.25, 0.3) is 0 Å². The van der Waals surface area contributed by atoms with Gasteiger partial charge in [0.1, 0.15) is 11.5 Å². The van der Waals surface area contributed by atoms with E-state index in [1.54, 1.807) is 23.5 Å². The summed E-state index contributed by atoms with van der Waals surface area (Å²) in [7, 11) is 0. The van der Waals surface area contributed by atoms with Gasteiger partial charge in [-0.3, -0.25) is 0 Å². The zero-order valence-corrected chi connectivity index (χ0v) is 13.2. The molecule has 0 radical (unpaired) electrons. The van der Waals surface area contributed by atoms with Gasteiger partial charge in [-0.05, 0) is 24.3 Å². The molecule has 0 atom stereocenters. The zero-order chi connectivity index (χ0) is 14.9. The summed E-state index contributed by atoms with van der Waals surface area (Å²) in [6.07, 6.45) is 0. The van der Waals surface area contributed by atoms with Crippen LogP contribution < -0.4 is 4.74 Å². The molecular formula is C16H18O3S2. The van der Waals surface area contributed by atoms with Gasteiger partial charge in [0.2, 0.25) is 0 Å². The Bertz CT molecular complexity index is 546. The van der Waals surface area contributed by atoms with Crippen LogP contribution in [0.4, 0.5) is 0 Å². The molecule has 0 aromatic heterocycles. The SMILES string of the molecule is OCCSc1cccc(Oc2ccccc2)c1SCCO. The largest absolute Gasteiger partial charge is 0.456 e. The summed E-state index contributed by atoms with van der Waals surface area (Å²) in [5, 5.41) is 18.1. The number of ether oxygens (including phenoxy) is 1. The molecule has 0 unspecified atom stereocenters. The van der Waals surface area contributed by atoms with Gasteiger partial charge in [0, 0.05) is 16.4 Å². The summed E-state index contributed by atoms with van der Waals surface area (Å²) in [5.74, 6) is 2.82. The lowest BCUT2D eigenvalue weighted by Crippen LogP contribution is -1.94. The Morgan fingerprint density at radius 2 is 1.52 bits per heavy atom. The maximum absolute atomic E-state index is 9.07. The van der Waals surface area contributed by atoms with Crippen molar-refractivity contribution in [3.8, 4) is 11.5 Å². The molecule has 0 saturated carbocycles. The van der Waals surface area contributed by atoms with Crippen LogP contribution in [0.2, 0.25) is 0 Å². The van der Waals surface area contributed by atoms with Gasteiger partial charge in [0.15, 0.2) is 0 Å². The van der Waals surface area contributed by atoms with E-state index in [1.807, 2.05) is 48.5 Å². The van der Waals surface area contributed by atoms with Gasteiger partial charge in [-0.1, -0.05) is 24.3 Å². The minimum absolute atomic E-state index is 0.119. The number of benzene rings is 2. The Hall–Kier alpha value is -1.14. The molecule has 0 amide bonds. The molecule has 2 rings (SSSR count). The number of para-hydroxylation sites is 1. The second-order valence-electron chi connectivity index (χ2n) is 4.14. The lowest BCUT2D eigenvalue weighted by molar-refractivity contribution is 0.322. The molecule has 21 heavy (non-hydrogen) atoms. The van der Waals surface area contributed by atoms with Crippen LogP contribution in [-0.4, -0.2) is 34.9 Å². The molecule has 0 aliphatic carbocycles. The fourth-order valence-electron chi connectivity index (χ4n) is 1.75. The van der Waals surface area contributed by atoms with Crippen LogP contribution in [0.1, 0.15) is 0 Å². The Labute approximate surface area is 133 Å². The standard InChI is InChI=1S/C16H18O3S2/c17-9-11-20-15-8-4-7-14(16(15)21-12-10-18)19-13-5-2-1-3-6-13/h1-8,17-18H,9-12H2. The molecule has 2 aromatic rings. The quantitative estimate of drug-likeness (QED) is 0.727. The second-order valence-corrected chi connectivity index (χ2v) is 6.38. The van der Waals surface area contributed by atoms with Crippen LogP contribution in [0.25, 0.3) is 0 Å². The van der Waals surface area contributed by atoms with Crippen molar-refractivity contribution >= 4 is 23.5 Å². The van der Waals surface area contributed by atoms with Crippen molar-refractivity contribution < 1.29 is 14.9 Å². The van der Waals surface area contributed by atoms with Crippen molar-refractivity contribution in [2.75, 3.05) is 24.7 Å². The van der Waals surface area contributed by atoms with Gasteiger partial charge in [-0.25, -0.2) is 0 Å². The monoisotopic (exact) mass is 322 g/mol. The third kappa shape index (κ3) is 4.97. The van der Waals surface area contributed by atoms with E-state index >= 15 is 0 Å². The van der Waals surface area contributed by atoms with E-state index in [4.69, 9.17) is 14.9 Å². The Morgan fingerprint density at radius 3 is 2.24 bits per heavy atom. The molecule has 0 spiro atoms. The Balaban J connectivity index is 2.25. The fourth-order valence-corrected chi connectivity index (χ4v) is 3.58. The summed E-state index contributed by atoms with van der Waals surface area (Å²) >= 11 is 3.16. The van der Waals surface area contributed by atoms with E-state index in [9.17, 15) is 0 Å². The predicted molar refractivity (Wildman–Crippen MR) is 88.6 cm³/mol. The van der Waals surface area contributed by atoms with Gasteiger partial charge in [0.05, 0.1) is 18.1 Å². The highest BCUT2D eigenvalue weighted by atomic mass is 32.2. The number of thioether (sulfide) groups is 2. The summed E-state index contributed by atoms with van der Waals surface area (Å²) < 4.78 is 5.95. The minimum Gasteiger partial charge on any atom is -0.456 e. The van der Waals surface area contributed by atoms with Crippen LogP contribution in [0, 0.1) is 0 Å². The smallest absolute Gasteiger partial charge is 0.142 e. The third-order valence-electron chi connectivity index (χ3n) is 2.60. The first-order valence-corrected chi connectivity index (χ1v) is 8.65. The van der Waals surface area contributed by atoms with Crippen molar-refractivity contribution in [3.63, 3.8) is 0 Å². The van der Waals surface area contributed by atoms with Crippen LogP contribution in [0.15, 0.2) is 58.3 Å². The third-order valence-corrected chi connectivity index (χ3v) is 4.86. The first-order valence-electron chi connectivity index (χ1n) is 6.68. The molecule has 3 nitrogen and oxygen atoms in total. The first kappa shape index (κ1) is 16.2. The molecule has 0 fully saturated rings. The summed E-state index contributed by atoms with van der Waals surface area (Å²) in [5.41, 5.74) is 0. The summed E-state index contributed by atoms with van der Waals surface area (Å²) in [4.78, 5) is 2.07. The average molecular weight is 322 g/mol. The van der Waals surface area contributed by atoms with Gasteiger partial charge < -0.3 is 14.9 Å². The highest BCUT2D eigenvalue weighted by molar-refractivity contribution is 8.02. The summed E-state index contributed by atoms with van der Waals surface area (Å²) in [6, 6.07) is 15.5. The highest BCUT2D eigenvalue weighted by Gasteiger charge is 2.11. The lowest BCUT2D eigenvalue weighted by atomic mass is 10.3. The molecular weight excluding hydrogens is 304 g/mol. The molecule has 0 bridgehead atoms. The zero-order valence-electron chi connectivity index (χ0n) is 11.6. The van der Waals surface area contributed by atoms with Gasteiger partial charge in [-0.2, -0.15) is 0 Å². The van der Waals surface area contributed by atoms with E-state index in [1.165, 1.54) is 0 Å². The van der Waals surface area contributed by atoms with Crippen molar-refractivity contribution in [2.24, 2.45) is 0 Å². The molecule has 112 valence electrons. The summed E-state index contributed by atoms with van der Waals surface area (Å²) in [6.45, 7) is 0.257. The number of aliphatic hydroxyl groups excluding tert-OH is 2. The van der Waals surface area contributed by atoms with E-state index < -0.39 is 0 Å². The lowest BCUT2D eigenvalue weighted by Gasteiger charge is -2.14. The molecule has 5 heteroatoms. The van der Waals surface area contributed by atoms with Gasteiger partial charge in [-0.15, -0.1) is 23.5 Å². The van der Waals surface area contributed by atoms with E-state index in [-0.39, 0.29) is 13.2 Å². The van der Waals surface area contributed by atoms with Crippen molar-refractivity contribution in [1.29, 1.82) is 0 Å².